The molecule has 0 unspecified atom stereocenters. The summed E-state index contributed by atoms with van der Waals surface area (Å²) in [5.74, 6) is 1.21. The SMILES string of the molecule is CC(=O)c1cc(Br)ccc1OCc1nncn1C. The molecule has 0 aliphatic rings. The topological polar surface area (TPSA) is 57.0 Å². The van der Waals surface area contributed by atoms with Gasteiger partial charge in [0.25, 0.3) is 0 Å². The van der Waals surface area contributed by atoms with Crippen molar-refractivity contribution in [3.05, 3.63) is 40.4 Å². The van der Waals surface area contributed by atoms with Crippen molar-refractivity contribution in [1.29, 1.82) is 0 Å². The van der Waals surface area contributed by atoms with Crippen molar-refractivity contribution >= 4 is 21.7 Å². The number of rotatable bonds is 4. The van der Waals surface area contributed by atoms with Crippen LogP contribution < -0.4 is 4.74 Å². The van der Waals surface area contributed by atoms with Crippen LogP contribution in [0, 0.1) is 0 Å². The quantitative estimate of drug-likeness (QED) is 0.814. The van der Waals surface area contributed by atoms with Gasteiger partial charge in [-0.3, -0.25) is 4.79 Å². The highest BCUT2D eigenvalue weighted by Crippen LogP contribution is 2.24. The molecule has 1 heterocycles. The van der Waals surface area contributed by atoms with E-state index in [2.05, 4.69) is 26.1 Å². The summed E-state index contributed by atoms with van der Waals surface area (Å²) in [4.78, 5) is 11.5. The number of halogens is 1. The molecule has 0 bridgehead atoms. The normalized spacial score (nSPS) is 10.4. The Hall–Kier alpha value is -1.69. The van der Waals surface area contributed by atoms with Gasteiger partial charge in [0.2, 0.25) is 0 Å². The molecule has 1 aromatic heterocycles. The van der Waals surface area contributed by atoms with Crippen LogP contribution in [0.3, 0.4) is 0 Å². The Morgan fingerprint density at radius 3 is 2.89 bits per heavy atom. The summed E-state index contributed by atoms with van der Waals surface area (Å²) in [5, 5.41) is 7.68. The minimum Gasteiger partial charge on any atom is -0.485 e. The maximum Gasteiger partial charge on any atom is 0.170 e. The van der Waals surface area contributed by atoms with E-state index in [0.29, 0.717) is 17.1 Å². The van der Waals surface area contributed by atoms with Crippen molar-refractivity contribution in [3.63, 3.8) is 0 Å². The van der Waals surface area contributed by atoms with Crippen molar-refractivity contribution in [2.75, 3.05) is 0 Å². The van der Waals surface area contributed by atoms with E-state index in [1.807, 2.05) is 13.1 Å². The molecular formula is C12H12BrN3O2. The first-order chi connectivity index (χ1) is 8.58. The number of carbonyl (C=O) groups excluding carboxylic acids is 1. The summed E-state index contributed by atoms with van der Waals surface area (Å²) in [5.41, 5.74) is 0.548. The highest BCUT2D eigenvalue weighted by Gasteiger charge is 2.10. The molecule has 0 spiro atoms. The van der Waals surface area contributed by atoms with Gasteiger partial charge in [0, 0.05) is 11.5 Å². The molecule has 18 heavy (non-hydrogen) atoms. The lowest BCUT2D eigenvalue weighted by Crippen LogP contribution is -2.05. The van der Waals surface area contributed by atoms with Crippen LogP contribution >= 0.6 is 15.9 Å². The first kappa shape index (κ1) is 12.8. The van der Waals surface area contributed by atoms with E-state index < -0.39 is 0 Å². The Labute approximate surface area is 113 Å². The number of nitrogens with zero attached hydrogens (tertiary/aromatic N) is 3. The molecular weight excluding hydrogens is 298 g/mol. The van der Waals surface area contributed by atoms with E-state index >= 15 is 0 Å². The number of ketones is 1. The zero-order valence-electron chi connectivity index (χ0n) is 10.1. The van der Waals surface area contributed by atoms with Crippen molar-refractivity contribution in [3.8, 4) is 5.75 Å². The molecule has 2 rings (SSSR count). The number of ether oxygens (including phenoxy) is 1. The molecule has 94 valence electrons. The fraction of sp³-hybridized carbons (Fsp3) is 0.250. The molecule has 0 saturated heterocycles. The summed E-state index contributed by atoms with van der Waals surface area (Å²) in [7, 11) is 1.84. The van der Waals surface area contributed by atoms with Crippen LogP contribution in [0.2, 0.25) is 0 Å². The molecule has 6 heteroatoms. The van der Waals surface area contributed by atoms with Crippen LogP contribution in [-0.2, 0) is 13.7 Å². The smallest absolute Gasteiger partial charge is 0.170 e. The van der Waals surface area contributed by atoms with Gasteiger partial charge in [-0.25, -0.2) is 0 Å². The van der Waals surface area contributed by atoms with Crippen molar-refractivity contribution in [2.45, 2.75) is 13.5 Å². The lowest BCUT2D eigenvalue weighted by Gasteiger charge is -2.09. The molecule has 0 N–H and O–H groups in total. The van der Waals surface area contributed by atoms with Gasteiger partial charge >= 0.3 is 0 Å². The van der Waals surface area contributed by atoms with Gasteiger partial charge in [0.05, 0.1) is 5.56 Å². The maximum absolute atomic E-state index is 11.5. The number of hydrogen-bond acceptors (Lipinski definition) is 4. The average Bonchev–Trinajstić information content (AvgIpc) is 2.73. The van der Waals surface area contributed by atoms with E-state index in [-0.39, 0.29) is 12.4 Å². The first-order valence-corrected chi connectivity index (χ1v) is 6.13. The first-order valence-electron chi connectivity index (χ1n) is 5.34. The van der Waals surface area contributed by atoms with E-state index in [4.69, 9.17) is 4.74 Å². The summed E-state index contributed by atoms with van der Waals surface area (Å²) < 4.78 is 8.23. The fourth-order valence-corrected chi connectivity index (χ4v) is 1.84. The van der Waals surface area contributed by atoms with Crippen LogP contribution in [0.4, 0.5) is 0 Å². The van der Waals surface area contributed by atoms with Gasteiger partial charge in [-0.05, 0) is 25.1 Å². The van der Waals surface area contributed by atoms with E-state index in [0.717, 1.165) is 4.47 Å². The molecule has 2 aromatic rings. The Morgan fingerprint density at radius 2 is 2.28 bits per heavy atom. The molecule has 1 aromatic carbocycles. The van der Waals surface area contributed by atoms with Crippen molar-refractivity contribution in [2.24, 2.45) is 7.05 Å². The Balaban J connectivity index is 2.19. The Bertz CT molecular complexity index is 580. The van der Waals surface area contributed by atoms with Crippen LogP contribution in [-0.4, -0.2) is 20.5 Å². The van der Waals surface area contributed by atoms with Gasteiger partial charge in [-0.2, -0.15) is 0 Å². The highest BCUT2D eigenvalue weighted by atomic mass is 79.9. The largest absolute Gasteiger partial charge is 0.485 e. The second kappa shape index (κ2) is 5.30. The van der Waals surface area contributed by atoms with Gasteiger partial charge < -0.3 is 9.30 Å². The molecule has 0 aliphatic heterocycles. The molecule has 0 saturated carbocycles. The molecule has 0 atom stereocenters. The average molecular weight is 310 g/mol. The number of carbonyl (C=O) groups is 1. The third-order valence-electron chi connectivity index (χ3n) is 2.48. The molecule has 0 radical (unpaired) electrons. The lowest BCUT2D eigenvalue weighted by molar-refractivity contribution is 0.101. The number of aromatic nitrogens is 3. The van der Waals surface area contributed by atoms with Crippen LogP contribution in [0.15, 0.2) is 29.0 Å². The zero-order valence-corrected chi connectivity index (χ0v) is 11.6. The van der Waals surface area contributed by atoms with Crippen LogP contribution in [0.1, 0.15) is 23.1 Å². The standard InChI is InChI=1S/C12H12BrN3O2/c1-8(17)10-5-9(13)3-4-11(10)18-6-12-15-14-7-16(12)2/h3-5,7H,6H2,1-2H3. The fourth-order valence-electron chi connectivity index (χ4n) is 1.48. The minimum absolute atomic E-state index is 0.0377. The van der Waals surface area contributed by atoms with Gasteiger partial charge in [0.15, 0.2) is 11.6 Å². The van der Waals surface area contributed by atoms with Gasteiger partial charge in [-0.15, -0.1) is 10.2 Å². The Morgan fingerprint density at radius 1 is 1.50 bits per heavy atom. The van der Waals surface area contributed by atoms with Crippen LogP contribution in [0.5, 0.6) is 5.75 Å². The highest BCUT2D eigenvalue weighted by molar-refractivity contribution is 9.10. The molecule has 0 aliphatic carbocycles. The van der Waals surface area contributed by atoms with Crippen molar-refractivity contribution < 1.29 is 9.53 Å². The van der Waals surface area contributed by atoms with Crippen molar-refractivity contribution in [1.82, 2.24) is 14.8 Å². The van der Waals surface area contributed by atoms with E-state index in [9.17, 15) is 4.79 Å². The monoisotopic (exact) mass is 309 g/mol. The van der Waals surface area contributed by atoms with Crippen LogP contribution in [0.25, 0.3) is 0 Å². The van der Waals surface area contributed by atoms with E-state index in [1.54, 1.807) is 23.0 Å². The third-order valence-corrected chi connectivity index (χ3v) is 2.98. The number of benzene rings is 1. The predicted octanol–water partition coefficient (Wildman–Crippen LogP) is 2.36. The lowest BCUT2D eigenvalue weighted by atomic mass is 10.1. The third kappa shape index (κ3) is 2.76. The second-order valence-corrected chi connectivity index (χ2v) is 4.76. The van der Waals surface area contributed by atoms with Gasteiger partial charge in [0.1, 0.15) is 18.7 Å². The predicted molar refractivity (Wildman–Crippen MR) is 69.5 cm³/mol. The summed E-state index contributed by atoms with van der Waals surface area (Å²) >= 11 is 3.33. The molecule has 5 nitrogen and oxygen atoms in total. The molecule has 0 fully saturated rings. The number of hydrogen-bond donors (Lipinski definition) is 0. The second-order valence-electron chi connectivity index (χ2n) is 3.84. The Kier molecular flexibility index (Phi) is 3.76. The maximum atomic E-state index is 11.5. The zero-order chi connectivity index (χ0) is 13.1. The number of Topliss-reactive ketones (excluding diaryl/α,β-unsaturated/α-hetero) is 1. The van der Waals surface area contributed by atoms with Gasteiger partial charge in [-0.1, -0.05) is 15.9 Å². The minimum atomic E-state index is -0.0377. The summed E-state index contributed by atoms with van der Waals surface area (Å²) in [6.45, 7) is 1.79. The van der Waals surface area contributed by atoms with E-state index in [1.165, 1.54) is 6.92 Å². The summed E-state index contributed by atoms with van der Waals surface area (Å²) in [6, 6.07) is 5.34. The molecule has 0 amide bonds. The summed E-state index contributed by atoms with van der Waals surface area (Å²) in [6.07, 6.45) is 1.60. The number of aryl methyl sites for hydroxylation is 1.